The highest BCUT2D eigenvalue weighted by molar-refractivity contribution is 5.65. The van der Waals surface area contributed by atoms with E-state index >= 15 is 0 Å². The van der Waals surface area contributed by atoms with Crippen LogP contribution in [0.15, 0.2) is 24.3 Å². The van der Waals surface area contributed by atoms with Crippen molar-refractivity contribution >= 4 is 6.09 Å². The number of methoxy groups -OCH3 is 1. The molecule has 0 aliphatic heterocycles. The van der Waals surface area contributed by atoms with Gasteiger partial charge in [0, 0.05) is 25.1 Å². The zero-order valence-corrected chi connectivity index (χ0v) is 14.7. The number of hydrogen-bond donors (Lipinski definition) is 2. The summed E-state index contributed by atoms with van der Waals surface area (Å²) >= 11 is 0. The van der Waals surface area contributed by atoms with Crippen molar-refractivity contribution in [3.8, 4) is 17.6 Å². The smallest absolute Gasteiger partial charge is 0.407 e. The summed E-state index contributed by atoms with van der Waals surface area (Å²) in [6.07, 6.45) is 0.552. The lowest BCUT2D eigenvalue weighted by Gasteiger charge is -2.45. The van der Waals surface area contributed by atoms with E-state index in [2.05, 4.69) is 11.8 Å². The summed E-state index contributed by atoms with van der Waals surface area (Å²) in [6.45, 7) is 4.07. The highest BCUT2D eigenvalue weighted by Crippen LogP contribution is 2.42. The van der Waals surface area contributed by atoms with Crippen LogP contribution in [0.5, 0.6) is 5.75 Å². The van der Waals surface area contributed by atoms with Gasteiger partial charge >= 0.3 is 6.09 Å². The van der Waals surface area contributed by atoms with E-state index in [1.54, 1.807) is 14.2 Å². The fourth-order valence-corrected chi connectivity index (χ4v) is 3.45. The molecule has 1 aliphatic carbocycles. The second-order valence-electron chi connectivity index (χ2n) is 7.31. The second-order valence-corrected chi connectivity index (χ2v) is 7.31. The zero-order valence-electron chi connectivity index (χ0n) is 14.7. The molecule has 2 atom stereocenters. The Kier molecular flexibility index (Phi) is 5.10. The summed E-state index contributed by atoms with van der Waals surface area (Å²) in [4.78, 5) is 12.5. The van der Waals surface area contributed by atoms with Crippen molar-refractivity contribution in [1.29, 1.82) is 0 Å². The molecule has 2 unspecified atom stereocenters. The molecule has 1 aliphatic rings. The van der Waals surface area contributed by atoms with Crippen LogP contribution in [0.2, 0.25) is 0 Å². The van der Waals surface area contributed by atoms with Crippen LogP contribution in [-0.4, -0.2) is 47.0 Å². The Morgan fingerprint density at radius 2 is 2.08 bits per heavy atom. The topological polar surface area (TPSA) is 70.0 Å². The first-order valence-corrected chi connectivity index (χ1v) is 7.99. The number of benzene rings is 1. The Balaban J connectivity index is 2.27. The highest BCUT2D eigenvalue weighted by atomic mass is 16.5. The molecular weight excluding hydrogens is 306 g/mol. The highest BCUT2D eigenvalue weighted by Gasteiger charge is 2.44. The minimum Gasteiger partial charge on any atom is -0.497 e. The largest absolute Gasteiger partial charge is 0.497 e. The average molecular weight is 331 g/mol. The van der Waals surface area contributed by atoms with Crippen molar-refractivity contribution in [2.24, 2.45) is 5.41 Å². The fraction of sp³-hybridized carbons (Fsp3) is 0.526. The van der Waals surface area contributed by atoms with Crippen molar-refractivity contribution in [3.05, 3.63) is 29.8 Å². The van der Waals surface area contributed by atoms with Gasteiger partial charge in [0.05, 0.1) is 7.11 Å². The summed E-state index contributed by atoms with van der Waals surface area (Å²) in [7, 11) is 3.14. The predicted octanol–water partition coefficient (Wildman–Crippen LogP) is 2.97. The number of ether oxygens (including phenoxy) is 1. The van der Waals surface area contributed by atoms with E-state index in [1.807, 2.05) is 38.1 Å². The van der Waals surface area contributed by atoms with E-state index in [0.717, 1.165) is 5.56 Å². The van der Waals surface area contributed by atoms with Gasteiger partial charge in [-0.25, -0.2) is 4.79 Å². The number of carboxylic acid groups (broad SMARTS) is 1. The lowest BCUT2D eigenvalue weighted by molar-refractivity contribution is -0.0269. The lowest BCUT2D eigenvalue weighted by atomic mass is 9.67. The minimum atomic E-state index is -1.21. The molecule has 24 heavy (non-hydrogen) atoms. The average Bonchev–Trinajstić information content (AvgIpc) is 2.50. The molecule has 0 aromatic heterocycles. The Labute approximate surface area is 143 Å². The van der Waals surface area contributed by atoms with Gasteiger partial charge in [-0.15, -0.1) is 0 Å². The molecule has 0 spiro atoms. The molecule has 5 heteroatoms. The first-order chi connectivity index (χ1) is 11.1. The summed E-state index contributed by atoms with van der Waals surface area (Å²) in [5, 5.41) is 20.2. The first kappa shape index (κ1) is 18.2. The Morgan fingerprint density at radius 3 is 2.71 bits per heavy atom. The molecule has 0 radical (unpaired) electrons. The molecular formula is C19H25NO4. The van der Waals surface area contributed by atoms with Crippen LogP contribution >= 0.6 is 0 Å². The summed E-state index contributed by atoms with van der Waals surface area (Å²) < 4.78 is 5.18. The Hall–Kier alpha value is -2.19. The summed E-state index contributed by atoms with van der Waals surface area (Å²) in [5.41, 5.74) is -0.641. The maximum atomic E-state index is 11.3. The van der Waals surface area contributed by atoms with E-state index in [4.69, 9.17) is 4.74 Å². The zero-order chi connectivity index (χ0) is 18.0. The Morgan fingerprint density at radius 1 is 1.38 bits per heavy atom. The Bertz CT molecular complexity index is 673. The van der Waals surface area contributed by atoms with Crippen molar-refractivity contribution in [2.75, 3.05) is 14.2 Å². The third-order valence-electron chi connectivity index (χ3n) is 4.49. The maximum Gasteiger partial charge on any atom is 0.407 e. The van der Waals surface area contributed by atoms with Crippen LogP contribution in [0.25, 0.3) is 0 Å². The van der Waals surface area contributed by atoms with Crippen LogP contribution in [0, 0.1) is 17.3 Å². The summed E-state index contributed by atoms with van der Waals surface area (Å²) in [5.74, 6) is 6.70. The SMILES string of the molecule is COc1cccc(C#CC2(O)CC(N(C)C(=O)O)CC(C)(C)C2)c1. The van der Waals surface area contributed by atoms with E-state index in [0.29, 0.717) is 25.0 Å². The van der Waals surface area contributed by atoms with Crippen molar-refractivity contribution < 1.29 is 19.7 Å². The van der Waals surface area contributed by atoms with Gasteiger partial charge in [0.15, 0.2) is 0 Å². The maximum absolute atomic E-state index is 11.3. The van der Waals surface area contributed by atoms with Crippen molar-refractivity contribution in [1.82, 2.24) is 4.90 Å². The molecule has 1 amide bonds. The third kappa shape index (κ3) is 4.42. The van der Waals surface area contributed by atoms with E-state index in [9.17, 15) is 15.0 Å². The van der Waals surface area contributed by atoms with Gasteiger partial charge in [0.1, 0.15) is 11.4 Å². The number of aliphatic hydroxyl groups is 1. The molecule has 1 aromatic carbocycles. The summed E-state index contributed by atoms with van der Waals surface area (Å²) in [6, 6.07) is 7.09. The number of hydrogen-bond acceptors (Lipinski definition) is 3. The molecule has 0 heterocycles. The molecule has 0 saturated heterocycles. The van der Waals surface area contributed by atoms with E-state index in [-0.39, 0.29) is 11.5 Å². The van der Waals surface area contributed by atoms with Crippen LogP contribution in [0.4, 0.5) is 4.79 Å². The van der Waals surface area contributed by atoms with Crippen LogP contribution < -0.4 is 4.74 Å². The molecule has 5 nitrogen and oxygen atoms in total. The molecule has 2 N–H and O–H groups in total. The van der Waals surface area contributed by atoms with Gasteiger partial charge < -0.3 is 19.8 Å². The van der Waals surface area contributed by atoms with Gasteiger partial charge in [0.2, 0.25) is 0 Å². The van der Waals surface area contributed by atoms with Gasteiger partial charge in [-0.2, -0.15) is 0 Å². The third-order valence-corrected chi connectivity index (χ3v) is 4.49. The number of nitrogens with zero attached hydrogens (tertiary/aromatic N) is 1. The van der Waals surface area contributed by atoms with Gasteiger partial charge in [-0.05, 0) is 36.5 Å². The molecule has 1 fully saturated rings. The number of amides is 1. The fourth-order valence-electron chi connectivity index (χ4n) is 3.45. The van der Waals surface area contributed by atoms with Crippen LogP contribution in [0.1, 0.15) is 38.7 Å². The van der Waals surface area contributed by atoms with E-state index < -0.39 is 11.7 Å². The predicted molar refractivity (Wildman–Crippen MR) is 92.0 cm³/mol. The van der Waals surface area contributed by atoms with Crippen LogP contribution in [0.3, 0.4) is 0 Å². The molecule has 0 bridgehead atoms. The normalized spacial score (nSPS) is 25.3. The number of carbonyl (C=O) groups is 1. The monoisotopic (exact) mass is 331 g/mol. The number of rotatable bonds is 2. The second kappa shape index (κ2) is 6.74. The van der Waals surface area contributed by atoms with Gasteiger partial charge in [0.25, 0.3) is 0 Å². The first-order valence-electron chi connectivity index (χ1n) is 7.99. The molecule has 1 saturated carbocycles. The van der Waals surface area contributed by atoms with Crippen molar-refractivity contribution in [3.63, 3.8) is 0 Å². The van der Waals surface area contributed by atoms with Crippen molar-refractivity contribution in [2.45, 2.75) is 44.8 Å². The van der Waals surface area contributed by atoms with E-state index in [1.165, 1.54) is 4.90 Å². The van der Waals surface area contributed by atoms with Gasteiger partial charge in [-0.3, -0.25) is 0 Å². The molecule has 1 aromatic rings. The minimum absolute atomic E-state index is 0.190. The lowest BCUT2D eigenvalue weighted by Crippen LogP contribution is -2.50. The standard InChI is InChI=1S/C19H25NO4/c1-18(2)11-15(20(3)17(21)22)12-19(23,13-18)9-8-14-6-5-7-16(10-14)24-4/h5-7,10,15,23H,11-13H2,1-4H3,(H,21,22). The van der Waals surface area contributed by atoms with Gasteiger partial charge in [-0.1, -0.05) is 31.8 Å². The molecule has 2 rings (SSSR count). The van der Waals surface area contributed by atoms with Crippen LogP contribution in [-0.2, 0) is 0 Å². The molecule has 130 valence electrons. The quantitative estimate of drug-likeness (QED) is 0.818.